The van der Waals surface area contributed by atoms with Gasteiger partial charge in [0.2, 0.25) is 0 Å². The van der Waals surface area contributed by atoms with Gasteiger partial charge < -0.3 is 14.8 Å². The predicted octanol–water partition coefficient (Wildman–Crippen LogP) is 4.94. The first-order valence-corrected chi connectivity index (χ1v) is 12.1. The molecule has 1 aliphatic rings. The third-order valence-electron chi connectivity index (χ3n) is 6.30. The number of hydrogen-bond donors (Lipinski definition) is 1. The molecule has 1 fully saturated rings. The van der Waals surface area contributed by atoms with Gasteiger partial charge in [-0.1, -0.05) is 42.0 Å². The molecule has 1 aromatic heterocycles. The van der Waals surface area contributed by atoms with E-state index >= 15 is 0 Å². The zero-order chi connectivity index (χ0) is 24.9. The molecule has 7 nitrogen and oxygen atoms in total. The van der Waals surface area contributed by atoms with Crippen molar-refractivity contribution >= 4 is 11.6 Å². The van der Waals surface area contributed by atoms with Crippen LogP contribution in [0.2, 0.25) is 0 Å². The van der Waals surface area contributed by atoms with E-state index in [1.807, 2.05) is 73.7 Å². The quantitative estimate of drug-likeness (QED) is 0.404. The third kappa shape index (κ3) is 5.48. The summed E-state index contributed by atoms with van der Waals surface area (Å²) in [6.45, 7) is 6.22. The molecule has 36 heavy (non-hydrogen) atoms. The van der Waals surface area contributed by atoms with Crippen LogP contribution in [-0.2, 0) is 11.3 Å². The van der Waals surface area contributed by atoms with Gasteiger partial charge in [0.05, 0.1) is 31.6 Å². The summed E-state index contributed by atoms with van der Waals surface area (Å²) in [5, 5.41) is 7.88. The Labute approximate surface area is 211 Å². The molecule has 7 heteroatoms. The van der Waals surface area contributed by atoms with Gasteiger partial charge in [-0.2, -0.15) is 5.10 Å². The smallest absolute Gasteiger partial charge is 0.259 e. The fraction of sp³-hybridized carbons (Fsp3) is 0.241. The second kappa shape index (κ2) is 10.8. The number of rotatable bonds is 7. The van der Waals surface area contributed by atoms with Gasteiger partial charge >= 0.3 is 0 Å². The number of anilines is 1. The number of methoxy groups -OCH3 is 1. The number of hydrogen-bond acceptors (Lipinski definition) is 5. The fourth-order valence-electron chi connectivity index (χ4n) is 4.32. The molecule has 1 aliphatic heterocycles. The summed E-state index contributed by atoms with van der Waals surface area (Å²) in [4.78, 5) is 15.9. The van der Waals surface area contributed by atoms with Crippen LogP contribution in [0.3, 0.4) is 0 Å². The van der Waals surface area contributed by atoms with Gasteiger partial charge in [-0.25, -0.2) is 4.68 Å². The van der Waals surface area contributed by atoms with E-state index in [0.717, 1.165) is 60.9 Å². The molecule has 0 unspecified atom stereocenters. The lowest BCUT2D eigenvalue weighted by molar-refractivity contribution is 0.0342. The Balaban J connectivity index is 1.44. The standard InChI is InChI=1S/C29H30N4O3/c1-21-9-11-25(12-10-21)33-20-27(28(31-33)23-6-4-8-26(18-23)35-2)29(34)30-24-7-3-5-22(17-24)19-32-13-15-36-16-14-32/h3-12,17-18,20H,13-16,19H2,1-2H3,(H,30,34). The summed E-state index contributed by atoms with van der Waals surface area (Å²) in [5.74, 6) is 0.495. The van der Waals surface area contributed by atoms with Gasteiger partial charge in [-0.15, -0.1) is 0 Å². The molecule has 3 aromatic carbocycles. The maximum Gasteiger partial charge on any atom is 0.259 e. The van der Waals surface area contributed by atoms with Crippen molar-refractivity contribution in [3.05, 3.63) is 95.7 Å². The van der Waals surface area contributed by atoms with E-state index < -0.39 is 0 Å². The average molecular weight is 483 g/mol. The minimum Gasteiger partial charge on any atom is -0.497 e. The van der Waals surface area contributed by atoms with Gasteiger partial charge in [0.1, 0.15) is 11.4 Å². The van der Waals surface area contributed by atoms with Crippen molar-refractivity contribution in [3.8, 4) is 22.7 Å². The van der Waals surface area contributed by atoms with Crippen LogP contribution in [0.4, 0.5) is 5.69 Å². The highest BCUT2D eigenvalue weighted by Crippen LogP contribution is 2.28. The first kappa shape index (κ1) is 23.8. The number of carbonyl (C=O) groups is 1. The summed E-state index contributed by atoms with van der Waals surface area (Å²) in [6, 6.07) is 23.7. The lowest BCUT2D eigenvalue weighted by Gasteiger charge is -2.26. The van der Waals surface area contributed by atoms with Crippen molar-refractivity contribution in [1.82, 2.24) is 14.7 Å². The van der Waals surface area contributed by atoms with Crippen molar-refractivity contribution in [1.29, 1.82) is 0 Å². The number of nitrogens with zero attached hydrogens (tertiary/aromatic N) is 3. The Morgan fingerprint density at radius 3 is 2.58 bits per heavy atom. The van der Waals surface area contributed by atoms with Crippen LogP contribution in [0.1, 0.15) is 21.5 Å². The van der Waals surface area contributed by atoms with Crippen LogP contribution < -0.4 is 10.1 Å². The zero-order valence-corrected chi connectivity index (χ0v) is 20.6. The number of ether oxygens (including phenoxy) is 2. The first-order chi connectivity index (χ1) is 17.6. The van der Waals surface area contributed by atoms with E-state index in [4.69, 9.17) is 14.6 Å². The average Bonchev–Trinajstić information content (AvgIpc) is 3.36. The van der Waals surface area contributed by atoms with E-state index in [2.05, 4.69) is 16.3 Å². The Morgan fingerprint density at radius 1 is 1.03 bits per heavy atom. The first-order valence-electron chi connectivity index (χ1n) is 12.1. The van der Waals surface area contributed by atoms with E-state index in [9.17, 15) is 4.79 Å². The Kier molecular flexibility index (Phi) is 7.11. The van der Waals surface area contributed by atoms with Gasteiger partial charge in [0, 0.05) is 37.1 Å². The topological polar surface area (TPSA) is 68.6 Å². The fourth-order valence-corrected chi connectivity index (χ4v) is 4.32. The van der Waals surface area contributed by atoms with Crippen LogP contribution in [0.5, 0.6) is 5.75 Å². The molecule has 0 atom stereocenters. The summed E-state index contributed by atoms with van der Waals surface area (Å²) in [5.41, 5.74) is 5.85. The van der Waals surface area contributed by atoms with Crippen molar-refractivity contribution in [2.75, 3.05) is 38.7 Å². The summed E-state index contributed by atoms with van der Waals surface area (Å²) >= 11 is 0. The molecule has 1 saturated heterocycles. The van der Waals surface area contributed by atoms with Crippen molar-refractivity contribution in [2.45, 2.75) is 13.5 Å². The Hall–Kier alpha value is -3.94. The van der Waals surface area contributed by atoms with Gasteiger partial charge in [0.25, 0.3) is 5.91 Å². The van der Waals surface area contributed by atoms with E-state index in [1.165, 1.54) is 0 Å². The number of aryl methyl sites for hydroxylation is 1. The second-order valence-corrected chi connectivity index (χ2v) is 8.95. The van der Waals surface area contributed by atoms with Crippen LogP contribution in [-0.4, -0.2) is 54.0 Å². The highest BCUT2D eigenvalue weighted by molar-refractivity contribution is 6.08. The van der Waals surface area contributed by atoms with Crippen LogP contribution in [0.25, 0.3) is 16.9 Å². The molecular weight excluding hydrogens is 452 g/mol. The summed E-state index contributed by atoms with van der Waals surface area (Å²) in [6.07, 6.45) is 1.78. The molecule has 4 aromatic rings. The van der Waals surface area contributed by atoms with Gasteiger partial charge in [-0.05, 0) is 48.9 Å². The van der Waals surface area contributed by atoms with Crippen LogP contribution >= 0.6 is 0 Å². The predicted molar refractivity (Wildman–Crippen MR) is 141 cm³/mol. The van der Waals surface area contributed by atoms with Crippen molar-refractivity contribution in [2.24, 2.45) is 0 Å². The molecule has 0 spiro atoms. The molecule has 0 bridgehead atoms. The van der Waals surface area contributed by atoms with Gasteiger partial charge in [-0.3, -0.25) is 9.69 Å². The largest absolute Gasteiger partial charge is 0.497 e. The molecule has 184 valence electrons. The molecule has 1 amide bonds. The lowest BCUT2D eigenvalue weighted by Crippen LogP contribution is -2.35. The molecular formula is C29H30N4O3. The van der Waals surface area contributed by atoms with Crippen molar-refractivity contribution < 1.29 is 14.3 Å². The minimum absolute atomic E-state index is 0.213. The molecule has 2 heterocycles. The minimum atomic E-state index is -0.213. The van der Waals surface area contributed by atoms with Crippen LogP contribution in [0, 0.1) is 6.92 Å². The highest BCUT2D eigenvalue weighted by atomic mass is 16.5. The number of carbonyl (C=O) groups excluding carboxylic acids is 1. The summed E-state index contributed by atoms with van der Waals surface area (Å²) < 4.78 is 12.6. The van der Waals surface area contributed by atoms with E-state index in [-0.39, 0.29) is 5.91 Å². The third-order valence-corrected chi connectivity index (χ3v) is 6.30. The van der Waals surface area contributed by atoms with Gasteiger partial charge in [0.15, 0.2) is 0 Å². The van der Waals surface area contributed by atoms with E-state index in [1.54, 1.807) is 18.0 Å². The monoisotopic (exact) mass is 482 g/mol. The lowest BCUT2D eigenvalue weighted by atomic mass is 10.1. The normalized spacial score (nSPS) is 13.9. The summed E-state index contributed by atoms with van der Waals surface area (Å²) in [7, 11) is 1.63. The SMILES string of the molecule is COc1cccc(-c2nn(-c3ccc(C)cc3)cc2C(=O)Nc2cccc(CN3CCOCC3)c2)c1. The molecule has 0 radical (unpaired) electrons. The van der Waals surface area contributed by atoms with Crippen molar-refractivity contribution in [3.63, 3.8) is 0 Å². The number of aromatic nitrogens is 2. The highest BCUT2D eigenvalue weighted by Gasteiger charge is 2.20. The molecule has 5 rings (SSSR count). The van der Waals surface area contributed by atoms with Crippen LogP contribution in [0.15, 0.2) is 79.0 Å². The van der Waals surface area contributed by atoms with E-state index in [0.29, 0.717) is 17.0 Å². The maximum absolute atomic E-state index is 13.5. The number of morpholine rings is 1. The maximum atomic E-state index is 13.5. The second-order valence-electron chi connectivity index (χ2n) is 8.95. The Morgan fingerprint density at radius 2 is 1.81 bits per heavy atom. The molecule has 0 aliphatic carbocycles. The Bertz CT molecular complexity index is 1340. The number of amides is 1. The zero-order valence-electron chi connectivity index (χ0n) is 20.6. The molecule has 1 N–H and O–H groups in total. The number of nitrogens with one attached hydrogen (secondary N) is 1. The number of benzene rings is 3. The molecule has 0 saturated carbocycles.